The summed E-state index contributed by atoms with van der Waals surface area (Å²) in [6.07, 6.45) is 7.08. The monoisotopic (exact) mass is 372 g/mol. The van der Waals surface area contributed by atoms with Crippen molar-refractivity contribution in [3.05, 3.63) is 46.2 Å². The van der Waals surface area contributed by atoms with Crippen molar-refractivity contribution in [2.45, 2.75) is 64.5 Å². The second-order valence-corrected chi connectivity index (χ2v) is 8.08. The van der Waals surface area contributed by atoms with Gasteiger partial charge in [0.05, 0.1) is 17.2 Å². The highest BCUT2D eigenvalue weighted by Crippen LogP contribution is 2.22. The van der Waals surface area contributed by atoms with Crippen LogP contribution in [0.1, 0.15) is 61.8 Å². The molecule has 26 heavy (non-hydrogen) atoms. The Bertz CT molecular complexity index is 701. The highest BCUT2D eigenvalue weighted by molar-refractivity contribution is 7.09. The minimum Gasteiger partial charge on any atom is -0.332 e. The molecule has 5 nitrogen and oxygen atoms in total. The standard InChI is InChI=1S/C20H28N4OS/c1-15(2)19-23-17(14-26-19)13-22-20(25)24-12-6-4-8-18(24)10-9-16-7-3-5-11-21-16/h3,5,7,11,14-15,18H,4,6,8-10,12-13H2,1-2H3,(H,22,25)/t18-/m0/s1. The van der Waals surface area contributed by atoms with E-state index in [0.717, 1.165) is 48.6 Å². The first-order chi connectivity index (χ1) is 12.6. The van der Waals surface area contributed by atoms with E-state index in [0.29, 0.717) is 18.5 Å². The van der Waals surface area contributed by atoms with Crippen LogP contribution in [0.2, 0.25) is 0 Å². The Labute approximate surface area is 159 Å². The Morgan fingerprint density at radius 3 is 2.96 bits per heavy atom. The zero-order chi connectivity index (χ0) is 18.4. The summed E-state index contributed by atoms with van der Waals surface area (Å²) in [5.41, 5.74) is 2.05. The van der Waals surface area contributed by atoms with Gasteiger partial charge in [0.2, 0.25) is 0 Å². The van der Waals surface area contributed by atoms with Gasteiger partial charge >= 0.3 is 6.03 Å². The molecule has 3 rings (SSSR count). The number of carbonyl (C=O) groups is 1. The van der Waals surface area contributed by atoms with Gasteiger partial charge in [-0.3, -0.25) is 4.98 Å². The summed E-state index contributed by atoms with van der Waals surface area (Å²) in [5.74, 6) is 0.433. The number of nitrogens with one attached hydrogen (secondary N) is 1. The van der Waals surface area contributed by atoms with Gasteiger partial charge in [-0.05, 0) is 44.2 Å². The number of carbonyl (C=O) groups excluding carboxylic acids is 1. The Morgan fingerprint density at radius 2 is 2.23 bits per heavy atom. The number of aryl methyl sites for hydroxylation is 1. The fraction of sp³-hybridized carbons (Fsp3) is 0.550. The Hall–Kier alpha value is -1.95. The van der Waals surface area contributed by atoms with Crippen LogP contribution in [0.4, 0.5) is 4.79 Å². The largest absolute Gasteiger partial charge is 0.332 e. The number of thiazole rings is 1. The van der Waals surface area contributed by atoms with Gasteiger partial charge in [0, 0.05) is 35.8 Å². The zero-order valence-electron chi connectivity index (χ0n) is 15.6. The third-order valence-electron chi connectivity index (χ3n) is 4.83. The van der Waals surface area contributed by atoms with Gasteiger partial charge in [0.25, 0.3) is 0 Å². The first-order valence-electron chi connectivity index (χ1n) is 9.52. The molecule has 2 aromatic heterocycles. The highest BCUT2D eigenvalue weighted by Gasteiger charge is 2.26. The molecule has 2 amide bonds. The first kappa shape index (κ1) is 18.8. The smallest absolute Gasteiger partial charge is 0.317 e. The highest BCUT2D eigenvalue weighted by atomic mass is 32.1. The van der Waals surface area contributed by atoms with Gasteiger partial charge in [0.1, 0.15) is 0 Å². The normalized spacial score (nSPS) is 17.5. The molecular weight excluding hydrogens is 344 g/mol. The molecule has 0 aliphatic carbocycles. The van der Waals surface area contributed by atoms with Crippen LogP contribution in [0.15, 0.2) is 29.8 Å². The summed E-state index contributed by atoms with van der Waals surface area (Å²) in [6, 6.07) is 6.35. The number of piperidine rings is 1. The average Bonchev–Trinajstić information content (AvgIpc) is 3.15. The Morgan fingerprint density at radius 1 is 1.35 bits per heavy atom. The number of nitrogens with zero attached hydrogens (tertiary/aromatic N) is 3. The number of hydrogen-bond donors (Lipinski definition) is 1. The van der Waals surface area contributed by atoms with E-state index in [1.807, 2.05) is 28.6 Å². The first-order valence-corrected chi connectivity index (χ1v) is 10.4. The maximum atomic E-state index is 12.7. The topological polar surface area (TPSA) is 58.1 Å². The molecule has 6 heteroatoms. The average molecular weight is 373 g/mol. The number of urea groups is 1. The lowest BCUT2D eigenvalue weighted by Gasteiger charge is -2.35. The summed E-state index contributed by atoms with van der Waals surface area (Å²) in [4.78, 5) is 23.7. The molecule has 1 aliphatic heterocycles. The van der Waals surface area contributed by atoms with Gasteiger partial charge in [-0.1, -0.05) is 19.9 Å². The predicted molar refractivity (Wildman–Crippen MR) is 105 cm³/mol. The molecule has 140 valence electrons. The van der Waals surface area contributed by atoms with Crippen LogP contribution < -0.4 is 5.32 Å². The van der Waals surface area contributed by atoms with Crippen molar-refractivity contribution in [3.63, 3.8) is 0 Å². The van der Waals surface area contributed by atoms with E-state index in [-0.39, 0.29) is 6.03 Å². The van der Waals surface area contributed by atoms with Gasteiger partial charge in [-0.2, -0.15) is 0 Å². The lowest BCUT2D eigenvalue weighted by molar-refractivity contribution is 0.146. The molecule has 0 saturated carbocycles. The number of hydrogen-bond acceptors (Lipinski definition) is 4. The van der Waals surface area contributed by atoms with Gasteiger partial charge in [-0.25, -0.2) is 9.78 Å². The van der Waals surface area contributed by atoms with Crippen LogP contribution in [0, 0.1) is 0 Å². The third kappa shape index (κ3) is 5.04. The minimum atomic E-state index is 0.0369. The Balaban J connectivity index is 1.53. The molecule has 0 bridgehead atoms. The SMILES string of the molecule is CC(C)c1nc(CNC(=O)N2CCCC[C@H]2CCc2ccccn2)cs1. The van der Waals surface area contributed by atoms with Crippen LogP contribution in [-0.2, 0) is 13.0 Å². The number of likely N-dealkylation sites (tertiary alicyclic amines) is 1. The third-order valence-corrected chi connectivity index (χ3v) is 6.03. The number of rotatable bonds is 6. The molecule has 1 aliphatic rings. The predicted octanol–water partition coefficient (Wildman–Crippen LogP) is 4.36. The Kier molecular flexibility index (Phi) is 6.61. The number of pyridine rings is 1. The van der Waals surface area contributed by atoms with Crippen molar-refractivity contribution in [3.8, 4) is 0 Å². The summed E-state index contributed by atoms with van der Waals surface area (Å²) >= 11 is 1.67. The molecule has 1 atom stereocenters. The fourth-order valence-electron chi connectivity index (χ4n) is 3.37. The maximum absolute atomic E-state index is 12.7. The lowest BCUT2D eigenvalue weighted by atomic mass is 9.97. The molecule has 0 unspecified atom stereocenters. The summed E-state index contributed by atoms with van der Waals surface area (Å²) < 4.78 is 0. The quantitative estimate of drug-likeness (QED) is 0.820. The van der Waals surface area contributed by atoms with Crippen molar-refractivity contribution >= 4 is 17.4 Å². The van der Waals surface area contributed by atoms with Crippen LogP contribution in [0.3, 0.4) is 0 Å². The number of amides is 2. The fourth-order valence-corrected chi connectivity index (χ4v) is 4.20. The molecule has 1 N–H and O–H groups in total. The van der Waals surface area contributed by atoms with Gasteiger partial charge in [-0.15, -0.1) is 11.3 Å². The van der Waals surface area contributed by atoms with Crippen LogP contribution in [0.5, 0.6) is 0 Å². The zero-order valence-corrected chi connectivity index (χ0v) is 16.5. The molecule has 0 spiro atoms. The molecule has 2 aromatic rings. The van der Waals surface area contributed by atoms with Crippen molar-refractivity contribution in [1.82, 2.24) is 20.2 Å². The van der Waals surface area contributed by atoms with E-state index >= 15 is 0 Å². The van der Waals surface area contributed by atoms with Gasteiger partial charge < -0.3 is 10.2 Å². The molecule has 0 aromatic carbocycles. The van der Waals surface area contributed by atoms with E-state index in [2.05, 4.69) is 35.2 Å². The second kappa shape index (κ2) is 9.12. The maximum Gasteiger partial charge on any atom is 0.317 e. The van der Waals surface area contributed by atoms with E-state index in [1.54, 1.807) is 11.3 Å². The minimum absolute atomic E-state index is 0.0369. The molecule has 3 heterocycles. The second-order valence-electron chi connectivity index (χ2n) is 7.19. The molecular formula is C20H28N4OS. The summed E-state index contributed by atoms with van der Waals surface area (Å²) in [6.45, 7) is 5.63. The summed E-state index contributed by atoms with van der Waals surface area (Å²) in [7, 11) is 0. The van der Waals surface area contributed by atoms with Gasteiger partial charge in [0.15, 0.2) is 0 Å². The van der Waals surface area contributed by atoms with E-state index in [1.165, 1.54) is 6.42 Å². The van der Waals surface area contributed by atoms with Crippen molar-refractivity contribution in [2.24, 2.45) is 0 Å². The van der Waals surface area contributed by atoms with Crippen molar-refractivity contribution in [1.29, 1.82) is 0 Å². The van der Waals surface area contributed by atoms with Crippen LogP contribution in [-0.4, -0.2) is 33.5 Å². The van der Waals surface area contributed by atoms with E-state index in [4.69, 9.17) is 0 Å². The summed E-state index contributed by atoms with van der Waals surface area (Å²) in [5, 5.41) is 6.24. The van der Waals surface area contributed by atoms with Crippen molar-refractivity contribution in [2.75, 3.05) is 6.54 Å². The molecule has 0 radical (unpaired) electrons. The lowest BCUT2D eigenvalue weighted by Crippen LogP contribution is -2.48. The molecule has 1 fully saturated rings. The van der Waals surface area contributed by atoms with Crippen LogP contribution >= 0.6 is 11.3 Å². The van der Waals surface area contributed by atoms with Crippen LogP contribution in [0.25, 0.3) is 0 Å². The number of aromatic nitrogens is 2. The van der Waals surface area contributed by atoms with E-state index in [9.17, 15) is 4.79 Å². The molecule has 1 saturated heterocycles. The van der Waals surface area contributed by atoms with E-state index < -0.39 is 0 Å². The van der Waals surface area contributed by atoms with Crippen molar-refractivity contribution < 1.29 is 4.79 Å².